The van der Waals surface area contributed by atoms with Crippen molar-refractivity contribution in [1.82, 2.24) is 10.3 Å². The van der Waals surface area contributed by atoms with E-state index in [2.05, 4.69) is 24.1 Å². The summed E-state index contributed by atoms with van der Waals surface area (Å²) in [5.41, 5.74) is 1.47. The average molecular weight is 269 g/mol. The van der Waals surface area contributed by atoms with Gasteiger partial charge in [0.25, 0.3) is 5.91 Å². The molecule has 0 spiro atoms. The predicted molar refractivity (Wildman–Crippen MR) is 75.0 cm³/mol. The van der Waals surface area contributed by atoms with E-state index in [9.17, 15) is 4.79 Å². The number of carbonyl (C=O) groups is 1. The molecule has 1 heterocycles. The number of hydrogen-bond acceptors (Lipinski definition) is 2. The van der Waals surface area contributed by atoms with E-state index in [1.165, 1.54) is 0 Å². The molecular weight excluding hydrogens is 248 g/mol. The zero-order valence-corrected chi connectivity index (χ0v) is 12.0. The Morgan fingerprint density at radius 2 is 2.22 bits per heavy atom. The lowest BCUT2D eigenvalue weighted by Crippen LogP contribution is -2.34. The fraction of sp³-hybridized carbons (Fsp3) is 0.571. The van der Waals surface area contributed by atoms with Gasteiger partial charge in [0.15, 0.2) is 0 Å². The van der Waals surface area contributed by atoms with Gasteiger partial charge in [-0.1, -0.05) is 13.8 Å². The molecule has 0 radical (unpaired) electrons. The van der Waals surface area contributed by atoms with Gasteiger partial charge in [-0.15, -0.1) is 11.6 Å². The van der Waals surface area contributed by atoms with E-state index >= 15 is 0 Å². The molecule has 18 heavy (non-hydrogen) atoms. The Kier molecular flexibility index (Phi) is 5.60. The fourth-order valence-electron chi connectivity index (χ4n) is 1.77. The van der Waals surface area contributed by atoms with Crippen molar-refractivity contribution in [2.75, 3.05) is 12.4 Å². The van der Waals surface area contributed by atoms with Crippen LogP contribution in [-0.4, -0.2) is 23.3 Å². The maximum atomic E-state index is 12.0. The molecule has 0 aliphatic heterocycles. The molecule has 0 fully saturated rings. The van der Waals surface area contributed by atoms with E-state index in [1.807, 2.05) is 6.92 Å². The summed E-state index contributed by atoms with van der Waals surface area (Å²) in [4.78, 5) is 16.1. The van der Waals surface area contributed by atoms with Gasteiger partial charge in [0, 0.05) is 24.3 Å². The van der Waals surface area contributed by atoms with Gasteiger partial charge in [-0.25, -0.2) is 0 Å². The zero-order valence-electron chi connectivity index (χ0n) is 11.3. The summed E-state index contributed by atoms with van der Waals surface area (Å²) in [5.74, 6) is 0.610. The van der Waals surface area contributed by atoms with Crippen LogP contribution in [0.1, 0.15) is 42.7 Å². The topological polar surface area (TPSA) is 42.0 Å². The van der Waals surface area contributed by atoms with E-state index in [-0.39, 0.29) is 11.3 Å². The van der Waals surface area contributed by atoms with E-state index in [4.69, 9.17) is 11.6 Å². The second kappa shape index (κ2) is 6.74. The van der Waals surface area contributed by atoms with Gasteiger partial charge in [0.1, 0.15) is 0 Å². The highest BCUT2D eigenvalue weighted by Crippen LogP contribution is 2.21. The number of carbonyl (C=O) groups excluding carboxylic acids is 1. The smallest absolute Gasteiger partial charge is 0.253 e. The molecule has 0 atom stereocenters. The number of nitrogens with one attached hydrogen (secondary N) is 1. The molecule has 1 rings (SSSR count). The van der Waals surface area contributed by atoms with Crippen molar-refractivity contribution in [1.29, 1.82) is 0 Å². The maximum absolute atomic E-state index is 12.0. The van der Waals surface area contributed by atoms with Crippen LogP contribution in [0.5, 0.6) is 0 Å². The van der Waals surface area contributed by atoms with Gasteiger partial charge in [-0.3, -0.25) is 9.78 Å². The molecule has 1 N–H and O–H groups in total. The lowest BCUT2D eigenvalue weighted by Gasteiger charge is -2.24. The van der Waals surface area contributed by atoms with Crippen LogP contribution in [0, 0.1) is 12.3 Å². The van der Waals surface area contributed by atoms with Crippen molar-refractivity contribution >= 4 is 17.5 Å². The minimum absolute atomic E-state index is 0.0560. The fourth-order valence-corrected chi connectivity index (χ4v) is 1.91. The highest BCUT2D eigenvalue weighted by atomic mass is 35.5. The summed E-state index contributed by atoms with van der Waals surface area (Å²) < 4.78 is 0. The van der Waals surface area contributed by atoms with Crippen LogP contribution in [-0.2, 0) is 0 Å². The molecule has 4 heteroatoms. The van der Waals surface area contributed by atoms with Gasteiger partial charge < -0.3 is 5.32 Å². The van der Waals surface area contributed by atoms with Crippen LogP contribution in [0.25, 0.3) is 0 Å². The maximum Gasteiger partial charge on any atom is 0.253 e. The lowest BCUT2D eigenvalue weighted by atomic mass is 9.88. The van der Waals surface area contributed by atoms with Gasteiger partial charge >= 0.3 is 0 Å². The summed E-state index contributed by atoms with van der Waals surface area (Å²) >= 11 is 5.69. The normalized spacial score (nSPS) is 11.3. The molecule has 3 nitrogen and oxygen atoms in total. The van der Waals surface area contributed by atoms with Gasteiger partial charge in [-0.2, -0.15) is 0 Å². The zero-order chi connectivity index (χ0) is 13.6. The van der Waals surface area contributed by atoms with Crippen molar-refractivity contribution in [3.05, 3.63) is 29.6 Å². The Hall–Kier alpha value is -1.09. The van der Waals surface area contributed by atoms with Gasteiger partial charge in [-0.05, 0) is 37.3 Å². The molecule has 0 aliphatic rings. The summed E-state index contributed by atoms with van der Waals surface area (Å²) in [7, 11) is 0. The summed E-state index contributed by atoms with van der Waals surface area (Å²) in [5, 5.41) is 2.97. The molecular formula is C14H21ClN2O. The molecule has 0 aliphatic carbocycles. The lowest BCUT2D eigenvalue weighted by molar-refractivity contribution is 0.0933. The van der Waals surface area contributed by atoms with Crippen LogP contribution < -0.4 is 5.32 Å². The molecule has 0 unspecified atom stereocenters. The first-order chi connectivity index (χ1) is 8.46. The molecule has 100 valence electrons. The number of hydrogen-bond donors (Lipinski definition) is 1. The van der Waals surface area contributed by atoms with E-state index in [0.29, 0.717) is 18.0 Å². The third kappa shape index (κ3) is 4.65. The summed E-state index contributed by atoms with van der Waals surface area (Å²) in [6.07, 6.45) is 3.66. The number of aryl methyl sites for hydroxylation is 1. The van der Waals surface area contributed by atoms with Crippen LogP contribution >= 0.6 is 11.6 Å². The van der Waals surface area contributed by atoms with E-state index in [1.54, 1.807) is 18.3 Å². The Balaban J connectivity index is 2.54. The van der Waals surface area contributed by atoms with Crippen LogP contribution in [0.3, 0.4) is 0 Å². The highest BCUT2D eigenvalue weighted by Gasteiger charge is 2.19. The Labute approximate surface area is 114 Å². The van der Waals surface area contributed by atoms with Crippen molar-refractivity contribution in [2.24, 2.45) is 5.41 Å². The van der Waals surface area contributed by atoms with Crippen LogP contribution in [0.15, 0.2) is 18.3 Å². The third-order valence-electron chi connectivity index (χ3n) is 2.97. The molecule has 1 aromatic heterocycles. The SMILES string of the molecule is Cc1ncccc1C(=O)NCC(C)(C)CCCCl. The number of nitrogens with zero attached hydrogens (tertiary/aromatic N) is 1. The molecule has 0 saturated heterocycles. The monoisotopic (exact) mass is 268 g/mol. The quantitative estimate of drug-likeness (QED) is 0.806. The Bertz CT molecular complexity index is 405. The standard InChI is InChI=1S/C14H21ClN2O/c1-11-12(6-4-9-16-11)13(18)17-10-14(2,3)7-5-8-15/h4,6,9H,5,7-8,10H2,1-3H3,(H,17,18). The molecule has 1 aromatic rings. The largest absolute Gasteiger partial charge is 0.351 e. The first kappa shape index (κ1) is 15.0. The van der Waals surface area contributed by atoms with Gasteiger partial charge in [0.2, 0.25) is 0 Å². The predicted octanol–water partition coefficient (Wildman–Crippen LogP) is 3.17. The number of alkyl halides is 1. The van der Waals surface area contributed by atoms with Crippen LogP contribution in [0.2, 0.25) is 0 Å². The minimum atomic E-state index is -0.0560. The number of rotatable bonds is 6. The molecule has 1 amide bonds. The van der Waals surface area contributed by atoms with Gasteiger partial charge in [0.05, 0.1) is 5.56 Å². The minimum Gasteiger partial charge on any atom is -0.351 e. The second-order valence-corrected chi connectivity index (χ2v) is 5.65. The molecule has 0 bridgehead atoms. The Morgan fingerprint density at radius 3 is 2.83 bits per heavy atom. The van der Waals surface area contributed by atoms with Crippen molar-refractivity contribution < 1.29 is 4.79 Å². The van der Waals surface area contributed by atoms with E-state index < -0.39 is 0 Å². The summed E-state index contributed by atoms with van der Waals surface area (Å²) in [6.45, 7) is 6.76. The average Bonchev–Trinajstić information content (AvgIpc) is 2.34. The number of amides is 1. The first-order valence-electron chi connectivity index (χ1n) is 6.22. The van der Waals surface area contributed by atoms with Crippen molar-refractivity contribution in [3.63, 3.8) is 0 Å². The summed E-state index contributed by atoms with van der Waals surface area (Å²) in [6, 6.07) is 3.57. The first-order valence-corrected chi connectivity index (χ1v) is 6.75. The Morgan fingerprint density at radius 1 is 1.50 bits per heavy atom. The van der Waals surface area contributed by atoms with Crippen molar-refractivity contribution in [3.8, 4) is 0 Å². The van der Waals surface area contributed by atoms with Crippen molar-refractivity contribution in [2.45, 2.75) is 33.6 Å². The van der Waals surface area contributed by atoms with Crippen LogP contribution in [0.4, 0.5) is 0 Å². The third-order valence-corrected chi connectivity index (χ3v) is 3.23. The molecule has 0 saturated carbocycles. The number of halogens is 1. The number of pyridine rings is 1. The van der Waals surface area contributed by atoms with E-state index in [0.717, 1.165) is 18.5 Å². The number of aromatic nitrogens is 1. The highest BCUT2D eigenvalue weighted by molar-refractivity contribution is 6.17. The molecule has 0 aromatic carbocycles. The second-order valence-electron chi connectivity index (χ2n) is 5.28.